The lowest BCUT2D eigenvalue weighted by Gasteiger charge is -2.14. The number of aryl methyl sites for hydroxylation is 2. The first-order chi connectivity index (χ1) is 32.3. The van der Waals surface area contributed by atoms with Gasteiger partial charge in [0.05, 0.1) is 79.3 Å². The highest BCUT2D eigenvalue weighted by atomic mass is 16.6. The Bertz CT molecular complexity index is 2330. The standard InChI is InChI=1S/C50H56O16/c1-35-23-49(51)65-47-31-39(3-5-45(35)47)63-33-37-25-41-29-42(26-37)60-20-16-56-12-8-54-10-14-58-18-22-62-44-28-38(34-64-40-4-6-46-36(2)24-50(52)66-48(46)32-40)27-43(30-44)61-21-17-57-13-9-53-7-11-55-15-19-59-41/h3-6,23-32H,7-22,33-34H2,1-2H3. The number of hydrogen-bond acceptors (Lipinski definition) is 16. The zero-order chi connectivity index (χ0) is 45.8. The summed E-state index contributed by atoms with van der Waals surface area (Å²) in [6.07, 6.45) is 0. The van der Waals surface area contributed by atoms with Gasteiger partial charge < -0.3 is 65.7 Å². The number of fused-ring (bicyclic) bond motifs is 6. The van der Waals surface area contributed by atoms with Gasteiger partial charge in [0.25, 0.3) is 0 Å². The first kappa shape index (κ1) is 47.8. The Labute approximate surface area is 382 Å². The van der Waals surface area contributed by atoms with Gasteiger partial charge in [-0.2, -0.15) is 0 Å². The van der Waals surface area contributed by atoms with Gasteiger partial charge >= 0.3 is 11.3 Å². The van der Waals surface area contributed by atoms with E-state index >= 15 is 0 Å². The maximum atomic E-state index is 11.9. The van der Waals surface area contributed by atoms with E-state index in [0.717, 1.165) is 33.0 Å². The van der Waals surface area contributed by atoms with Crippen molar-refractivity contribution in [1.29, 1.82) is 0 Å². The maximum Gasteiger partial charge on any atom is 0.336 e. The monoisotopic (exact) mass is 912 g/mol. The summed E-state index contributed by atoms with van der Waals surface area (Å²) in [5.74, 6) is 3.48. The molecule has 16 nitrogen and oxygen atoms in total. The Morgan fingerprint density at radius 1 is 0.379 bits per heavy atom. The predicted molar refractivity (Wildman–Crippen MR) is 243 cm³/mol. The molecule has 1 aliphatic rings. The average molecular weight is 913 g/mol. The first-order valence-electron chi connectivity index (χ1n) is 21.9. The molecule has 0 saturated carbocycles. The fourth-order valence-electron chi connectivity index (χ4n) is 6.84. The normalized spacial score (nSPS) is 16.0. The van der Waals surface area contributed by atoms with Gasteiger partial charge in [0, 0.05) is 47.2 Å². The van der Waals surface area contributed by atoms with Crippen molar-refractivity contribution in [1.82, 2.24) is 0 Å². The van der Waals surface area contributed by atoms with E-state index < -0.39 is 11.3 Å². The third-order valence-corrected chi connectivity index (χ3v) is 10.0. The van der Waals surface area contributed by atoms with Gasteiger partial charge in [0.1, 0.15) is 85.3 Å². The summed E-state index contributed by atoms with van der Waals surface area (Å²) in [7, 11) is 0. The lowest BCUT2D eigenvalue weighted by molar-refractivity contribution is 0.00432. The fourth-order valence-corrected chi connectivity index (χ4v) is 6.84. The molecule has 3 heterocycles. The molecule has 0 unspecified atom stereocenters. The van der Waals surface area contributed by atoms with Crippen molar-refractivity contribution >= 4 is 21.9 Å². The SMILES string of the molecule is Cc1cc(=O)oc2cc(OCc3cc4cc(c3)OCCOCCOCCOCCOc3cc(COc5ccc6c(C)cc(=O)oc6c5)cc(c3)OCCOCCOCCOCCO4)ccc12. The van der Waals surface area contributed by atoms with E-state index in [-0.39, 0.29) is 13.2 Å². The molecule has 0 fully saturated rings. The van der Waals surface area contributed by atoms with Crippen LogP contribution in [0.4, 0.5) is 0 Å². The molecule has 0 radical (unpaired) electrons. The van der Waals surface area contributed by atoms with Gasteiger partial charge in [-0.3, -0.25) is 0 Å². The van der Waals surface area contributed by atoms with E-state index in [1.807, 2.05) is 74.5 Å². The Hall–Kier alpha value is -6.14. The fraction of sp³-hybridized carbons (Fsp3) is 0.400. The van der Waals surface area contributed by atoms with E-state index in [1.54, 1.807) is 12.1 Å². The van der Waals surface area contributed by atoms with E-state index in [0.29, 0.717) is 151 Å². The van der Waals surface area contributed by atoms with Crippen LogP contribution in [0, 0.1) is 13.8 Å². The van der Waals surface area contributed by atoms with Crippen LogP contribution in [0.2, 0.25) is 0 Å². The molecule has 4 bridgehead atoms. The van der Waals surface area contributed by atoms with Crippen LogP contribution >= 0.6 is 0 Å². The van der Waals surface area contributed by atoms with Gasteiger partial charge in [0.2, 0.25) is 0 Å². The van der Waals surface area contributed by atoms with Gasteiger partial charge in [0.15, 0.2) is 0 Å². The Kier molecular flexibility index (Phi) is 18.5. The molecule has 0 spiro atoms. The van der Waals surface area contributed by atoms with Crippen molar-refractivity contribution in [3.05, 3.63) is 128 Å². The summed E-state index contributed by atoms with van der Waals surface area (Å²) >= 11 is 0. The predicted octanol–water partition coefficient (Wildman–Crippen LogP) is 7.00. The average Bonchev–Trinajstić information content (AvgIpc) is 3.30. The molecule has 66 heavy (non-hydrogen) atoms. The summed E-state index contributed by atoms with van der Waals surface area (Å²) in [6.45, 7) is 9.90. The minimum absolute atomic E-state index is 0.216. The van der Waals surface area contributed by atoms with Crippen LogP contribution in [-0.4, -0.2) is 106 Å². The molecular formula is C50H56O16. The van der Waals surface area contributed by atoms with Crippen molar-refractivity contribution in [3.8, 4) is 34.5 Å². The molecule has 352 valence electrons. The van der Waals surface area contributed by atoms with Crippen LogP contribution in [0.25, 0.3) is 21.9 Å². The van der Waals surface area contributed by atoms with Crippen LogP contribution in [0.1, 0.15) is 22.3 Å². The first-order valence-corrected chi connectivity index (χ1v) is 21.9. The Balaban J connectivity index is 0.884. The second-order valence-corrected chi connectivity index (χ2v) is 15.1. The molecule has 7 rings (SSSR count). The molecule has 16 heteroatoms. The second kappa shape index (κ2) is 25.5. The molecule has 4 aromatic carbocycles. The highest BCUT2D eigenvalue weighted by Gasteiger charge is 2.11. The smallest absolute Gasteiger partial charge is 0.336 e. The lowest BCUT2D eigenvalue weighted by atomic mass is 10.1. The van der Waals surface area contributed by atoms with Crippen molar-refractivity contribution in [2.75, 3.05) is 106 Å². The molecule has 1 aliphatic heterocycles. The minimum Gasteiger partial charge on any atom is -0.491 e. The molecule has 2 aromatic heterocycles. The van der Waals surface area contributed by atoms with Crippen molar-refractivity contribution in [3.63, 3.8) is 0 Å². The van der Waals surface area contributed by atoms with Gasteiger partial charge in [-0.05, 0) is 84.6 Å². The molecule has 6 aromatic rings. The van der Waals surface area contributed by atoms with Crippen molar-refractivity contribution in [2.24, 2.45) is 0 Å². The Morgan fingerprint density at radius 2 is 0.682 bits per heavy atom. The molecule has 0 N–H and O–H groups in total. The number of hydrogen-bond donors (Lipinski definition) is 0. The Morgan fingerprint density at radius 3 is 1.00 bits per heavy atom. The van der Waals surface area contributed by atoms with Crippen molar-refractivity contribution in [2.45, 2.75) is 27.1 Å². The third-order valence-electron chi connectivity index (χ3n) is 10.0. The van der Waals surface area contributed by atoms with Gasteiger partial charge in [-0.15, -0.1) is 0 Å². The van der Waals surface area contributed by atoms with Crippen LogP contribution in [0.3, 0.4) is 0 Å². The van der Waals surface area contributed by atoms with Gasteiger partial charge in [-0.25, -0.2) is 9.59 Å². The van der Waals surface area contributed by atoms with Crippen LogP contribution in [0.15, 0.2) is 103 Å². The third kappa shape index (κ3) is 15.5. The van der Waals surface area contributed by atoms with E-state index in [4.69, 9.17) is 65.7 Å². The topological polar surface area (TPSA) is 171 Å². The maximum absolute atomic E-state index is 11.9. The summed E-state index contributed by atoms with van der Waals surface area (Å²) < 4.78 is 81.4. The minimum atomic E-state index is -0.410. The summed E-state index contributed by atoms with van der Waals surface area (Å²) in [5.41, 5.74) is 3.40. The largest absolute Gasteiger partial charge is 0.491 e. The van der Waals surface area contributed by atoms with Crippen LogP contribution < -0.4 is 39.7 Å². The number of rotatable bonds is 6. The summed E-state index contributed by atoms with van der Waals surface area (Å²) in [5, 5.41) is 1.69. The van der Waals surface area contributed by atoms with E-state index in [1.165, 1.54) is 12.1 Å². The van der Waals surface area contributed by atoms with Crippen LogP contribution in [-0.2, 0) is 41.6 Å². The molecule has 0 aliphatic carbocycles. The molecule has 0 atom stereocenters. The summed E-state index contributed by atoms with van der Waals surface area (Å²) in [4.78, 5) is 23.9. The van der Waals surface area contributed by atoms with Crippen LogP contribution in [0.5, 0.6) is 34.5 Å². The number of ether oxygens (including phenoxy) is 12. The van der Waals surface area contributed by atoms with Gasteiger partial charge in [-0.1, -0.05) is 0 Å². The molecule has 0 saturated heterocycles. The van der Waals surface area contributed by atoms with Crippen molar-refractivity contribution < 1.29 is 65.7 Å². The number of benzene rings is 4. The highest BCUT2D eigenvalue weighted by Crippen LogP contribution is 2.28. The zero-order valence-corrected chi connectivity index (χ0v) is 37.3. The lowest BCUT2D eigenvalue weighted by Crippen LogP contribution is -2.15. The zero-order valence-electron chi connectivity index (χ0n) is 37.3. The second-order valence-electron chi connectivity index (χ2n) is 15.1. The highest BCUT2D eigenvalue weighted by molar-refractivity contribution is 5.82. The quantitative estimate of drug-likeness (QED) is 0.156. The van der Waals surface area contributed by atoms with E-state index in [2.05, 4.69) is 0 Å². The molecule has 0 amide bonds. The summed E-state index contributed by atoms with van der Waals surface area (Å²) in [6, 6.07) is 24.9. The van der Waals surface area contributed by atoms with E-state index in [9.17, 15) is 9.59 Å². The molecular weight excluding hydrogens is 857 g/mol.